The quantitative estimate of drug-likeness (QED) is 0.634. The smallest absolute Gasteiger partial charge is 0.333 e. The van der Waals surface area contributed by atoms with Crippen LogP contribution < -0.4 is 0 Å². The summed E-state index contributed by atoms with van der Waals surface area (Å²) in [6, 6.07) is 3.49. The average molecular weight is 305 g/mol. The Bertz CT molecular complexity index is 573. The Hall–Kier alpha value is -2.04. The third kappa shape index (κ3) is 4.00. The summed E-state index contributed by atoms with van der Waals surface area (Å²) >= 11 is 0. The molecule has 0 saturated carbocycles. The number of furan rings is 1. The summed E-state index contributed by atoms with van der Waals surface area (Å²) in [5.74, 6) is 0.913. The first kappa shape index (κ1) is 16.3. The van der Waals surface area contributed by atoms with Crippen molar-refractivity contribution in [2.24, 2.45) is 5.92 Å². The lowest BCUT2D eigenvalue weighted by molar-refractivity contribution is -0.140. The van der Waals surface area contributed by atoms with Gasteiger partial charge in [-0.2, -0.15) is 0 Å². The average Bonchev–Trinajstić information content (AvgIpc) is 2.97. The van der Waals surface area contributed by atoms with Gasteiger partial charge in [0.05, 0.1) is 6.61 Å². The van der Waals surface area contributed by atoms with Crippen LogP contribution >= 0.6 is 0 Å². The van der Waals surface area contributed by atoms with E-state index >= 15 is 0 Å². The van der Waals surface area contributed by atoms with E-state index in [2.05, 4.69) is 0 Å². The van der Waals surface area contributed by atoms with Crippen molar-refractivity contribution in [1.82, 2.24) is 4.90 Å². The Morgan fingerprint density at radius 1 is 1.45 bits per heavy atom. The molecule has 0 spiro atoms. The molecule has 5 nitrogen and oxygen atoms in total. The molecular formula is C17H23NO4. The number of carbonyl (C=O) groups excluding carboxylic acids is 2. The van der Waals surface area contributed by atoms with E-state index in [-0.39, 0.29) is 17.8 Å². The van der Waals surface area contributed by atoms with Crippen molar-refractivity contribution in [1.29, 1.82) is 0 Å². The van der Waals surface area contributed by atoms with Crippen LogP contribution in [-0.2, 0) is 9.53 Å². The highest BCUT2D eigenvalue weighted by Gasteiger charge is 2.27. The van der Waals surface area contributed by atoms with Crippen molar-refractivity contribution in [3.05, 3.63) is 35.3 Å². The molecule has 0 N–H and O–H groups in total. The molecule has 2 rings (SSSR count). The number of ether oxygens (including phenoxy) is 1. The van der Waals surface area contributed by atoms with Crippen LogP contribution in [0.4, 0.5) is 0 Å². The van der Waals surface area contributed by atoms with Gasteiger partial charge in [-0.15, -0.1) is 0 Å². The maximum Gasteiger partial charge on any atom is 0.333 e. The molecule has 22 heavy (non-hydrogen) atoms. The van der Waals surface area contributed by atoms with E-state index in [0.717, 1.165) is 25.1 Å². The largest absolute Gasteiger partial charge is 0.462 e. The van der Waals surface area contributed by atoms with Gasteiger partial charge in [0.2, 0.25) is 0 Å². The number of nitrogens with zero attached hydrogens (tertiary/aromatic N) is 1. The number of esters is 1. The van der Waals surface area contributed by atoms with E-state index in [1.54, 1.807) is 30.0 Å². The van der Waals surface area contributed by atoms with Crippen LogP contribution in [0.1, 0.15) is 43.0 Å². The van der Waals surface area contributed by atoms with Crippen LogP contribution in [0.5, 0.6) is 0 Å². The number of likely N-dealkylation sites (tertiary alicyclic amines) is 1. The first-order valence-electron chi connectivity index (χ1n) is 7.67. The number of allylic oxidation sites excluding steroid dienone is 1. The van der Waals surface area contributed by atoms with Gasteiger partial charge >= 0.3 is 5.97 Å². The monoisotopic (exact) mass is 305 g/mol. The highest BCUT2D eigenvalue weighted by molar-refractivity contribution is 5.91. The van der Waals surface area contributed by atoms with Gasteiger partial charge in [0.1, 0.15) is 5.76 Å². The highest BCUT2D eigenvalue weighted by Crippen LogP contribution is 2.20. The standard InChI is InChI=1S/C17H23NO4/c1-4-12(2)17(20)21-11-14-6-5-9-18(10-14)16(19)15-8-7-13(3)22-15/h4,7-8,14H,5-6,9-11H2,1-3H3/b12-4-/t14-/m1/s1. The van der Waals surface area contributed by atoms with Crippen molar-refractivity contribution in [2.45, 2.75) is 33.6 Å². The van der Waals surface area contributed by atoms with Crippen molar-refractivity contribution in [2.75, 3.05) is 19.7 Å². The van der Waals surface area contributed by atoms with E-state index in [1.807, 2.05) is 13.8 Å². The lowest BCUT2D eigenvalue weighted by atomic mass is 9.99. The predicted octanol–water partition coefficient (Wildman–Crippen LogP) is 2.95. The number of hydrogen-bond donors (Lipinski definition) is 0. The fraction of sp³-hybridized carbons (Fsp3) is 0.529. The Morgan fingerprint density at radius 3 is 2.86 bits per heavy atom. The van der Waals surface area contributed by atoms with Crippen LogP contribution in [0.15, 0.2) is 28.2 Å². The fourth-order valence-electron chi connectivity index (χ4n) is 2.52. The molecule has 1 amide bonds. The number of piperidine rings is 1. The predicted molar refractivity (Wildman–Crippen MR) is 82.5 cm³/mol. The van der Waals surface area contributed by atoms with Gasteiger partial charge < -0.3 is 14.1 Å². The zero-order valence-electron chi connectivity index (χ0n) is 13.4. The zero-order chi connectivity index (χ0) is 16.1. The fourth-order valence-corrected chi connectivity index (χ4v) is 2.52. The molecule has 0 bridgehead atoms. The molecule has 1 fully saturated rings. The van der Waals surface area contributed by atoms with Crippen LogP contribution in [0.3, 0.4) is 0 Å². The summed E-state index contributed by atoms with van der Waals surface area (Å²) in [5, 5.41) is 0. The minimum absolute atomic E-state index is 0.0891. The number of rotatable bonds is 4. The van der Waals surface area contributed by atoms with E-state index in [9.17, 15) is 9.59 Å². The number of aryl methyl sites for hydroxylation is 1. The maximum atomic E-state index is 12.4. The number of hydrogen-bond acceptors (Lipinski definition) is 4. The molecule has 2 heterocycles. The second-order valence-electron chi connectivity index (χ2n) is 5.74. The Morgan fingerprint density at radius 2 is 2.23 bits per heavy atom. The lowest BCUT2D eigenvalue weighted by Gasteiger charge is -2.31. The van der Waals surface area contributed by atoms with Crippen LogP contribution in [-0.4, -0.2) is 36.5 Å². The summed E-state index contributed by atoms with van der Waals surface area (Å²) in [4.78, 5) is 25.8. The van der Waals surface area contributed by atoms with Gasteiger partial charge in [-0.05, 0) is 45.7 Å². The van der Waals surface area contributed by atoms with E-state index < -0.39 is 0 Å². The first-order chi connectivity index (χ1) is 10.5. The molecule has 0 aromatic carbocycles. The molecule has 5 heteroatoms. The number of amides is 1. The van der Waals surface area contributed by atoms with Gasteiger partial charge in [-0.1, -0.05) is 6.08 Å². The third-order valence-corrected chi connectivity index (χ3v) is 3.96. The van der Waals surface area contributed by atoms with Crippen molar-refractivity contribution >= 4 is 11.9 Å². The van der Waals surface area contributed by atoms with Gasteiger partial charge in [0, 0.05) is 24.6 Å². The van der Waals surface area contributed by atoms with Crippen LogP contribution in [0.25, 0.3) is 0 Å². The van der Waals surface area contributed by atoms with Crippen LogP contribution in [0, 0.1) is 12.8 Å². The first-order valence-corrected chi connectivity index (χ1v) is 7.67. The summed E-state index contributed by atoms with van der Waals surface area (Å²) < 4.78 is 10.7. The molecule has 1 atom stereocenters. The third-order valence-electron chi connectivity index (χ3n) is 3.96. The molecule has 120 valence electrons. The van der Waals surface area contributed by atoms with Crippen molar-refractivity contribution in [3.63, 3.8) is 0 Å². The second-order valence-corrected chi connectivity index (χ2v) is 5.74. The van der Waals surface area contributed by atoms with E-state index in [4.69, 9.17) is 9.15 Å². The van der Waals surface area contributed by atoms with Crippen LogP contribution in [0.2, 0.25) is 0 Å². The minimum atomic E-state index is -0.285. The summed E-state index contributed by atoms with van der Waals surface area (Å²) in [7, 11) is 0. The minimum Gasteiger partial charge on any atom is -0.462 e. The Kier molecular flexibility index (Phi) is 5.41. The SMILES string of the molecule is C/C=C(/C)C(=O)OC[C@@H]1CCCN(C(=O)c2ccc(C)o2)C1. The topological polar surface area (TPSA) is 59.8 Å². The van der Waals surface area contributed by atoms with Gasteiger partial charge in [0.25, 0.3) is 5.91 Å². The number of carbonyl (C=O) groups is 2. The summed E-state index contributed by atoms with van der Waals surface area (Å²) in [6.45, 7) is 7.03. The molecule has 1 aliphatic rings. The molecule has 0 radical (unpaired) electrons. The van der Waals surface area contributed by atoms with Crippen molar-refractivity contribution < 1.29 is 18.7 Å². The molecule has 0 aliphatic carbocycles. The van der Waals surface area contributed by atoms with Gasteiger partial charge in [-0.25, -0.2) is 4.79 Å². The zero-order valence-corrected chi connectivity index (χ0v) is 13.4. The van der Waals surface area contributed by atoms with E-state index in [1.165, 1.54) is 0 Å². The van der Waals surface area contributed by atoms with Crippen molar-refractivity contribution in [3.8, 4) is 0 Å². The Labute approximate surface area is 130 Å². The molecule has 1 saturated heterocycles. The Balaban J connectivity index is 1.89. The summed E-state index contributed by atoms with van der Waals surface area (Å²) in [6.07, 6.45) is 3.61. The maximum absolute atomic E-state index is 12.4. The normalized spacial score (nSPS) is 19.1. The molecule has 1 aromatic rings. The van der Waals surface area contributed by atoms with E-state index in [0.29, 0.717) is 24.5 Å². The molecule has 0 unspecified atom stereocenters. The lowest BCUT2D eigenvalue weighted by Crippen LogP contribution is -2.41. The molecule has 1 aromatic heterocycles. The summed E-state index contributed by atoms with van der Waals surface area (Å²) in [5.41, 5.74) is 0.606. The highest BCUT2D eigenvalue weighted by atomic mass is 16.5. The molecular weight excluding hydrogens is 282 g/mol. The van der Waals surface area contributed by atoms with Gasteiger partial charge in [0.15, 0.2) is 5.76 Å². The molecule has 1 aliphatic heterocycles. The second kappa shape index (κ2) is 7.29. The van der Waals surface area contributed by atoms with Gasteiger partial charge in [-0.3, -0.25) is 4.79 Å².